The molecule has 0 N–H and O–H groups in total. The Bertz CT molecular complexity index is 747. The number of aromatic nitrogens is 1. The molecule has 25 heavy (non-hydrogen) atoms. The third-order valence-corrected chi connectivity index (χ3v) is 6.00. The molecule has 1 aliphatic rings. The van der Waals surface area contributed by atoms with Crippen molar-refractivity contribution in [1.29, 1.82) is 0 Å². The molecule has 134 valence electrons. The molecule has 1 aromatic heterocycles. The zero-order chi connectivity index (χ0) is 18.0. The summed E-state index contributed by atoms with van der Waals surface area (Å²) < 4.78 is 0. The van der Waals surface area contributed by atoms with E-state index in [0.717, 1.165) is 47.6 Å². The number of hydrogen-bond donors (Lipinski definition) is 0. The van der Waals surface area contributed by atoms with Crippen molar-refractivity contribution in [3.63, 3.8) is 0 Å². The maximum absolute atomic E-state index is 12.3. The largest absolute Gasteiger partial charge is 0.297 e. The number of amides is 1. The summed E-state index contributed by atoms with van der Waals surface area (Å²) in [4.78, 5) is 21.3. The number of hydrogen-bond acceptors (Lipinski definition) is 4. The first-order valence-electron chi connectivity index (χ1n) is 8.99. The van der Waals surface area contributed by atoms with Crippen molar-refractivity contribution in [2.75, 3.05) is 18.0 Å². The summed E-state index contributed by atoms with van der Waals surface area (Å²) >= 11 is 1.55. The van der Waals surface area contributed by atoms with E-state index in [1.54, 1.807) is 23.2 Å². The van der Waals surface area contributed by atoms with Crippen LogP contribution in [0.1, 0.15) is 43.5 Å². The van der Waals surface area contributed by atoms with E-state index in [2.05, 4.69) is 37.1 Å². The smallest absolute Gasteiger partial charge is 0.230 e. The van der Waals surface area contributed by atoms with Gasteiger partial charge in [0.05, 0.1) is 11.4 Å². The number of aryl methyl sites for hydroxylation is 1. The van der Waals surface area contributed by atoms with E-state index < -0.39 is 0 Å². The molecule has 0 saturated carbocycles. The van der Waals surface area contributed by atoms with Crippen molar-refractivity contribution >= 4 is 28.1 Å². The minimum Gasteiger partial charge on any atom is -0.297 e. The second kappa shape index (κ2) is 7.67. The van der Waals surface area contributed by atoms with E-state index in [4.69, 9.17) is 4.98 Å². The molecule has 1 aromatic carbocycles. The average Bonchev–Trinajstić information content (AvgIpc) is 3.01. The molecule has 2 heterocycles. The van der Waals surface area contributed by atoms with Gasteiger partial charge in [0.15, 0.2) is 5.13 Å². The highest BCUT2D eigenvalue weighted by Gasteiger charge is 2.21. The van der Waals surface area contributed by atoms with Crippen molar-refractivity contribution in [1.82, 2.24) is 9.88 Å². The highest BCUT2D eigenvalue weighted by atomic mass is 32.1. The predicted octanol–water partition coefficient (Wildman–Crippen LogP) is 4.68. The van der Waals surface area contributed by atoms with Crippen molar-refractivity contribution < 1.29 is 4.79 Å². The van der Waals surface area contributed by atoms with E-state index in [1.165, 1.54) is 18.4 Å². The molecule has 1 amide bonds. The van der Waals surface area contributed by atoms with E-state index in [0.29, 0.717) is 0 Å². The Morgan fingerprint density at radius 3 is 2.72 bits per heavy atom. The maximum Gasteiger partial charge on any atom is 0.230 e. The van der Waals surface area contributed by atoms with Crippen molar-refractivity contribution in [3.05, 3.63) is 40.4 Å². The maximum atomic E-state index is 12.3. The highest BCUT2D eigenvalue weighted by Crippen LogP contribution is 2.32. The fraction of sp³-hybridized carbons (Fsp3) is 0.500. The standard InChI is InChI=1S/C20H27N3OS/c1-14-8-10-22(11-9-14)12-18-13-25-20(21-18)23(17(4)24)19-7-5-6-15(2)16(19)3/h5-7,13-14H,8-12H2,1-4H3. The molecule has 0 aliphatic carbocycles. The minimum absolute atomic E-state index is 0.00129. The van der Waals surface area contributed by atoms with Crippen molar-refractivity contribution in [2.45, 2.75) is 47.1 Å². The Morgan fingerprint density at radius 1 is 1.32 bits per heavy atom. The second-order valence-corrected chi connectivity index (χ2v) is 7.99. The normalized spacial score (nSPS) is 16.2. The lowest BCUT2D eigenvalue weighted by Crippen LogP contribution is -2.32. The topological polar surface area (TPSA) is 36.4 Å². The monoisotopic (exact) mass is 357 g/mol. The van der Waals surface area contributed by atoms with Crippen LogP contribution in [0.25, 0.3) is 0 Å². The molecule has 4 nitrogen and oxygen atoms in total. The van der Waals surface area contributed by atoms with Gasteiger partial charge in [-0.2, -0.15) is 0 Å². The molecule has 5 heteroatoms. The van der Waals surface area contributed by atoms with E-state index in [-0.39, 0.29) is 5.91 Å². The number of likely N-dealkylation sites (tertiary alicyclic amines) is 1. The van der Waals surface area contributed by atoms with Crippen LogP contribution < -0.4 is 4.90 Å². The SMILES string of the molecule is CC(=O)N(c1nc(CN2CCC(C)CC2)cs1)c1cccc(C)c1C. The van der Waals surface area contributed by atoms with Gasteiger partial charge >= 0.3 is 0 Å². The molecule has 0 bridgehead atoms. The molecule has 0 atom stereocenters. The third-order valence-electron chi connectivity index (χ3n) is 5.12. The average molecular weight is 358 g/mol. The number of carbonyl (C=O) groups is 1. The first kappa shape index (κ1) is 18.1. The van der Waals surface area contributed by atoms with Crippen LogP contribution in [0.4, 0.5) is 10.8 Å². The van der Waals surface area contributed by atoms with E-state index in [1.807, 2.05) is 12.1 Å². The summed E-state index contributed by atoms with van der Waals surface area (Å²) in [7, 11) is 0. The van der Waals surface area contributed by atoms with Crippen molar-refractivity contribution in [2.24, 2.45) is 5.92 Å². The Hall–Kier alpha value is -1.72. The lowest BCUT2D eigenvalue weighted by molar-refractivity contribution is -0.115. The lowest BCUT2D eigenvalue weighted by atomic mass is 9.99. The van der Waals surface area contributed by atoms with Gasteiger partial charge in [0.2, 0.25) is 5.91 Å². The second-order valence-electron chi connectivity index (χ2n) is 7.15. The van der Waals surface area contributed by atoms with Crippen LogP contribution >= 0.6 is 11.3 Å². The number of thiazole rings is 1. The minimum atomic E-state index is 0.00129. The summed E-state index contributed by atoms with van der Waals surface area (Å²) in [5.41, 5.74) is 4.30. The molecule has 1 fully saturated rings. The van der Waals surface area contributed by atoms with Gasteiger partial charge < -0.3 is 0 Å². The Kier molecular flexibility index (Phi) is 5.54. The fourth-order valence-corrected chi connectivity index (χ4v) is 4.18. The summed E-state index contributed by atoms with van der Waals surface area (Å²) in [6.45, 7) is 11.2. The summed E-state index contributed by atoms with van der Waals surface area (Å²) in [6.07, 6.45) is 2.53. The number of carbonyl (C=O) groups excluding carboxylic acids is 1. The van der Waals surface area contributed by atoms with Gasteiger partial charge in [0.1, 0.15) is 0 Å². The van der Waals surface area contributed by atoms with E-state index in [9.17, 15) is 4.79 Å². The Morgan fingerprint density at radius 2 is 2.04 bits per heavy atom. The summed E-state index contributed by atoms with van der Waals surface area (Å²) in [5.74, 6) is 0.834. The molecule has 2 aromatic rings. The van der Waals surface area contributed by atoms with Crippen LogP contribution in [-0.4, -0.2) is 28.9 Å². The lowest BCUT2D eigenvalue weighted by Gasteiger charge is -2.29. The van der Waals surface area contributed by atoms with Gasteiger partial charge in [-0.05, 0) is 62.9 Å². The third kappa shape index (κ3) is 4.10. The van der Waals surface area contributed by atoms with Crippen LogP contribution in [-0.2, 0) is 11.3 Å². The predicted molar refractivity (Wildman–Crippen MR) is 105 cm³/mol. The zero-order valence-corrected chi connectivity index (χ0v) is 16.4. The van der Waals surface area contributed by atoms with Gasteiger partial charge in [-0.25, -0.2) is 4.98 Å². The van der Waals surface area contributed by atoms with E-state index >= 15 is 0 Å². The molecule has 1 saturated heterocycles. The van der Waals surface area contributed by atoms with Gasteiger partial charge in [-0.15, -0.1) is 11.3 Å². The summed E-state index contributed by atoms with van der Waals surface area (Å²) in [5, 5.41) is 2.86. The van der Waals surface area contributed by atoms with Crippen LogP contribution in [0.15, 0.2) is 23.6 Å². The number of benzene rings is 1. The number of anilines is 2. The molecule has 3 rings (SSSR count). The summed E-state index contributed by atoms with van der Waals surface area (Å²) in [6, 6.07) is 6.07. The molecular weight excluding hydrogens is 330 g/mol. The first-order valence-corrected chi connectivity index (χ1v) is 9.87. The number of piperidine rings is 1. The molecule has 1 aliphatic heterocycles. The van der Waals surface area contributed by atoms with Gasteiger partial charge in [0.25, 0.3) is 0 Å². The fourth-order valence-electron chi connectivity index (χ4n) is 3.31. The van der Waals surface area contributed by atoms with Crippen molar-refractivity contribution in [3.8, 4) is 0 Å². The van der Waals surface area contributed by atoms with Crippen LogP contribution in [0.3, 0.4) is 0 Å². The zero-order valence-electron chi connectivity index (χ0n) is 15.6. The molecule has 0 radical (unpaired) electrons. The van der Waals surface area contributed by atoms with Gasteiger partial charge in [0, 0.05) is 18.8 Å². The van der Waals surface area contributed by atoms with Crippen LogP contribution in [0.2, 0.25) is 0 Å². The molecule has 0 unspecified atom stereocenters. The Balaban J connectivity index is 1.80. The number of rotatable bonds is 4. The van der Waals surface area contributed by atoms with Gasteiger partial charge in [-0.3, -0.25) is 14.6 Å². The van der Waals surface area contributed by atoms with Gasteiger partial charge in [-0.1, -0.05) is 19.1 Å². The number of nitrogens with zero attached hydrogens (tertiary/aromatic N) is 3. The quantitative estimate of drug-likeness (QED) is 0.797. The highest BCUT2D eigenvalue weighted by molar-refractivity contribution is 7.14. The van der Waals surface area contributed by atoms with Crippen LogP contribution in [0.5, 0.6) is 0 Å². The Labute approximate surface area is 154 Å². The first-order chi connectivity index (χ1) is 12.0. The molecular formula is C20H27N3OS. The van der Waals surface area contributed by atoms with Crippen LogP contribution in [0, 0.1) is 19.8 Å². The molecule has 0 spiro atoms.